The van der Waals surface area contributed by atoms with Gasteiger partial charge in [-0.05, 0) is 32.0 Å². The summed E-state index contributed by atoms with van der Waals surface area (Å²) in [6.45, 7) is 2.53. The Morgan fingerprint density at radius 3 is 2.58 bits per heavy atom. The van der Waals surface area contributed by atoms with Gasteiger partial charge in [-0.15, -0.1) is 0 Å². The van der Waals surface area contributed by atoms with Crippen LogP contribution in [0.25, 0.3) is 0 Å². The molecule has 0 aromatic heterocycles. The van der Waals surface area contributed by atoms with E-state index >= 15 is 0 Å². The van der Waals surface area contributed by atoms with Gasteiger partial charge in [0.2, 0.25) is 0 Å². The molecule has 0 saturated carbocycles. The highest BCUT2D eigenvalue weighted by atomic mass is 16.5. The van der Waals surface area contributed by atoms with Crippen molar-refractivity contribution in [2.24, 2.45) is 5.73 Å². The van der Waals surface area contributed by atoms with Crippen LogP contribution in [0.2, 0.25) is 0 Å². The lowest BCUT2D eigenvalue weighted by atomic mass is 10.1. The van der Waals surface area contributed by atoms with E-state index in [-0.39, 0.29) is 11.9 Å². The van der Waals surface area contributed by atoms with Crippen LogP contribution in [0.4, 0.5) is 0 Å². The predicted octanol–water partition coefficient (Wildman–Crippen LogP) is 1.51. The number of hydrogen-bond donors (Lipinski definition) is 1. The molecule has 0 heterocycles. The molecule has 2 N–H and O–H groups in total. The zero-order valence-electron chi connectivity index (χ0n) is 12.0. The van der Waals surface area contributed by atoms with E-state index in [9.17, 15) is 4.79 Å². The number of methoxy groups -OCH3 is 2. The first-order chi connectivity index (χ1) is 9.04. The summed E-state index contributed by atoms with van der Waals surface area (Å²) >= 11 is 0. The second kappa shape index (κ2) is 6.99. The summed E-state index contributed by atoms with van der Waals surface area (Å²) in [5.41, 5.74) is 6.04. The average molecular weight is 266 g/mol. The van der Waals surface area contributed by atoms with E-state index < -0.39 is 0 Å². The molecule has 0 radical (unpaired) electrons. The number of rotatable bonds is 6. The summed E-state index contributed by atoms with van der Waals surface area (Å²) in [6, 6.07) is 5.25. The van der Waals surface area contributed by atoms with E-state index in [1.54, 1.807) is 37.3 Å². The molecule has 106 valence electrons. The quantitative estimate of drug-likeness (QED) is 0.847. The molecule has 5 nitrogen and oxygen atoms in total. The van der Waals surface area contributed by atoms with Crippen molar-refractivity contribution >= 4 is 5.91 Å². The summed E-state index contributed by atoms with van der Waals surface area (Å²) < 4.78 is 10.4. The second-order valence-electron chi connectivity index (χ2n) is 4.41. The largest absolute Gasteiger partial charge is 0.497 e. The zero-order valence-corrected chi connectivity index (χ0v) is 12.0. The number of carbonyl (C=O) groups excluding carboxylic acids is 1. The van der Waals surface area contributed by atoms with Gasteiger partial charge in [0.25, 0.3) is 5.91 Å². The first-order valence-corrected chi connectivity index (χ1v) is 6.24. The summed E-state index contributed by atoms with van der Waals surface area (Å²) in [5, 5.41) is 0. The number of nitrogens with zero attached hydrogens (tertiary/aromatic N) is 1. The Morgan fingerprint density at radius 2 is 2.05 bits per heavy atom. The Kier molecular flexibility index (Phi) is 5.63. The third-order valence-electron chi connectivity index (χ3n) is 3.21. The van der Waals surface area contributed by atoms with Crippen molar-refractivity contribution < 1.29 is 14.3 Å². The summed E-state index contributed by atoms with van der Waals surface area (Å²) in [6.07, 6.45) is 0.765. The molecule has 0 aliphatic heterocycles. The molecule has 0 fully saturated rings. The molecule has 0 aliphatic carbocycles. The van der Waals surface area contributed by atoms with Crippen molar-refractivity contribution in [3.8, 4) is 11.5 Å². The van der Waals surface area contributed by atoms with E-state index in [0.29, 0.717) is 23.6 Å². The second-order valence-corrected chi connectivity index (χ2v) is 4.41. The lowest BCUT2D eigenvalue weighted by Gasteiger charge is -2.25. The molecular formula is C14H22N2O3. The van der Waals surface area contributed by atoms with Crippen LogP contribution in [0, 0.1) is 0 Å². The molecule has 1 atom stereocenters. The lowest BCUT2D eigenvalue weighted by molar-refractivity contribution is 0.0735. The van der Waals surface area contributed by atoms with E-state index in [1.165, 1.54) is 7.11 Å². The average Bonchev–Trinajstić information content (AvgIpc) is 2.45. The van der Waals surface area contributed by atoms with Crippen LogP contribution in [-0.2, 0) is 0 Å². The number of ether oxygens (including phenoxy) is 2. The number of amides is 1. The highest BCUT2D eigenvalue weighted by molar-refractivity contribution is 5.97. The van der Waals surface area contributed by atoms with Gasteiger partial charge >= 0.3 is 0 Å². The van der Waals surface area contributed by atoms with Gasteiger partial charge in [-0.3, -0.25) is 4.79 Å². The van der Waals surface area contributed by atoms with Crippen LogP contribution in [0.1, 0.15) is 23.7 Å². The molecule has 1 aromatic rings. The maximum Gasteiger partial charge on any atom is 0.257 e. The fourth-order valence-corrected chi connectivity index (χ4v) is 1.80. The van der Waals surface area contributed by atoms with Crippen molar-refractivity contribution in [3.63, 3.8) is 0 Å². The van der Waals surface area contributed by atoms with Crippen molar-refractivity contribution in [1.82, 2.24) is 4.90 Å². The molecule has 1 unspecified atom stereocenters. The van der Waals surface area contributed by atoms with Gasteiger partial charge in [-0.1, -0.05) is 0 Å². The van der Waals surface area contributed by atoms with Gasteiger partial charge < -0.3 is 20.1 Å². The van der Waals surface area contributed by atoms with Crippen molar-refractivity contribution in [3.05, 3.63) is 23.8 Å². The van der Waals surface area contributed by atoms with Gasteiger partial charge in [-0.25, -0.2) is 0 Å². The van der Waals surface area contributed by atoms with Gasteiger partial charge in [0, 0.05) is 19.2 Å². The molecule has 0 aliphatic rings. The fraction of sp³-hybridized carbons (Fsp3) is 0.500. The molecule has 19 heavy (non-hydrogen) atoms. The normalized spacial score (nSPS) is 11.8. The first-order valence-electron chi connectivity index (χ1n) is 6.24. The summed E-state index contributed by atoms with van der Waals surface area (Å²) in [4.78, 5) is 14.1. The Bertz CT molecular complexity index is 435. The Labute approximate surface area is 114 Å². The highest BCUT2D eigenvalue weighted by Gasteiger charge is 2.20. The molecule has 1 rings (SSSR count). The number of hydrogen-bond acceptors (Lipinski definition) is 4. The SMILES string of the molecule is COc1ccc(C(=O)N(C)C(C)CCN)c(OC)c1. The Morgan fingerprint density at radius 1 is 1.37 bits per heavy atom. The van der Waals surface area contributed by atoms with Crippen molar-refractivity contribution in [2.45, 2.75) is 19.4 Å². The van der Waals surface area contributed by atoms with Gasteiger partial charge in [0.15, 0.2) is 0 Å². The van der Waals surface area contributed by atoms with E-state index in [1.807, 2.05) is 6.92 Å². The molecule has 0 spiro atoms. The van der Waals surface area contributed by atoms with Crippen molar-refractivity contribution in [2.75, 3.05) is 27.8 Å². The van der Waals surface area contributed by atoms with Crippen LogP contribution >= 0.6 is 0 Å². The van der Waals surface area contributed by atoms with Crippen molar-refractivity contribution in [1.29, 1.82) is 0 Å². The smallest absolute Gasteiger partial charge is 0.257 e. The lowest BCUT2D eigenvalue weighted by Crippen LogP contribution is -2.36. The fourth-order valence-electron chi connectivity index (χ4n) is 1.80. The molecule has 0 saturated heterocycles. The van der Waals surface area contributed by atoms with Crippen LogP contribution in [-0.4, -0.2) is 44.7 Å². The molecular weight excluding hydrogens is 244 g/mol. The maximum atomic E-state index is 12.4. The van der Waals surface area contributed by atoms with Crippen LogP contribution < -0.4 is 15.2 Å². The van der Waals surface area contributed by atoms with Gasteiger partial charge in [-0.2, -0.15) is 0 Å². The minimum Gasteiger partial charge on any atom is -0.497 e. The number of nitrogens with two attached hydrogens (primary N) is 1. The minimum absolute atomic E-state index is 0.0829. The van der Waals surface area contributed by atoms with E-state index in [0.717, 1.165) is 6.42 Å². The Hall–Kier alpha value is -1.75. The van der Waals surface area contributed by atoms with E-state index in [2.05, 4.69) is 0 Å². The third-order valence-corrected chi connectivity index (χ3v) is 3.21. The minimum atomic E-state index is -0.0829. The molecule has 1 aromatic carbocycles. The summed E-state index contributed by atoms with van der Waals surface area (Å²) in [7, 11) is 4.88. The van der Waals surface area contributed by atoms with Crippen LogP contribution in [0.5, 0.6) is 11.5 Å². The summed E-state index contributed by atoms with van der Waals surface area (Å²) in [5.74, 6) is 1.09. The van der Waals surface area contributed by atoms with Gasteiger partial charge in [0.05, 0.1) is 19.8 Å². The molecule has 5 heteroatoms. The maximum absolute atomic E-state index is 12.4. The standard InChI is InChI=1S/C14H22N2O3/c1-10(7-8-15)16(2)14(17)12-6-5-11(18-3)9-13(12)19-4/h5-6,9-10H,7-8,15H2,1-4H3. The number of carbonyl (C=O) groups is 1. The van der Waals surface area contributed by atoms with E-state index in [4.69, 9.17) is 15.2 Å². The van der Waals surface area contributed by atoms with Crippen LogP contribution in [0.15, 0.2) is 18.2 Å². The zero-order chi connectivity index (χ0) is 14.4. The first kappa shape index (κ1) is 15.3. The predicted molar refractivity (Wildman–Crippen MR) is 74.8 cm³/mol. The van der Waals surface area contributed by atoms with Gasteiger partial charge in [0.1, 0.15) is 11.5 Å². The number of benzene rings is 1. The molecule has 1 amide bonds. The third kappa shape index (κ3) is 3.61. The van der Waals surface area contributed by atoms with Crippen LogP contribution in [0.3, 0.4) is 0 Å². The highest BCUT2D eigenvalue weighted by Crippen LogP contribution is 2.26. The topological polar surface area (TPSA) is 64.8 Å². The monoisotopic (exact) mass is 266 g/mol. The Balaban J connectivity index is 2.98. The molecule has 0 bridgehead atoms.